The molecule has 1 aliphatic rings. The standard InChI is InChI=1S/C17H28N3O3PS/c1-6-7-8-16(3)23-24(19(4)13-14-20(24)5)18-25(21,22)17-11-9-15(2)10-12-17/h7-12,16H,6,13-14H2,1-5H3/b8-7-/t16-/m0/s1. The van der Waals surface area contributed by atoms with Crippen molar-refractivity contribution < 1.29 is 12.9 Å². The molecule has 25 heavy (non-hydrogen) atoms. The Morgan fingerprint density at radius 3 is 2.32 bits per heavy atom. The topological polar surface area (TPSA) is 62.2 Å². The molecule has 6 nitrogen and oxygen atoms in total. The summed E-state index contributed by atoms with van der Waals surface area (Å²) in [5.41, 5.74) is 1.01. The summed E-state index contributed by atoms with van der Waals surface area (Å²) in [6.45, 7) is 7.34. The second-order valence-electron chi connectivity index (χ2n) is 6.29. The average molecular weight is 385 g/mol. The van der Waals surface area contributed by atoms with Crippen molar-refractivity contribution in [3.05, 3.63) is 42.0 Å². The van der Waals surface area contributed by atoms with Gasteiger partial charge in [-0.2, -0.15) is 8.42 Å². The zero-order valence-corrected chi connectivity index (χ0v) is 17.3. The van der Waals surface area contributed by atoms with Gasteiger partial charge in [0.1, 0.15) is 0 Å². The zero-order valence-electron chi connectivity index (χ0n) is 15.6. The third kappa shape index (κ3) is 4.60. The first-order valence-electron chi connectivity index (χ1n) is 8.45. The van der Waals surface area contributed by atoms with Gasteiger partial charge in [-0.1, -0.05) is 36.8 Å². The van der Waals surface area contributed by atoms with E-state index >= 15 is 0 Å². The predicted octanol–water partition coefficient (Wildman–Crippen LogP) is 3.88. The second-order valence-corrected chi connectivity index (χ2v) is 11.0. The molecular weight excluding hydrogens is 357 g/mol. The minimum absolute atomic E-state index is 0.200. The molecule has 0 spiro atoms. The Morgan fingerprint density at radius 1 is 1.24 bits per heavy atom. The molecule has 0 saturated carbocycles. The van der Waals surface area contributed by atoms with Crippen LogP contribution in [0.2, 0.25) is 0 Å². The molecule has 0 radical (unpaired) electrons. The van der Waals surface area contributed by atoms with Gasteiger partial charge >= 0.3 is 0 Å². The molecule has 0 bridgehead atoms. The minimum Gasteiger partial charge on any atom is -0.313 e. The molecule has 1 aliphatic heterocycles. The van der Waals surface area contributed by atoms with Crippen LogP contribution in [0, 0.1) is 6.92 Å². The van der Waals surface area contributed by atoms with E-state index in [9.17, 15) is 8.42 Å². The van der Waals surface area contributed by atoms with Crippen molar-refractivity contribution in [2.45, 2.75) is 38.2 Å². The van der Waals surface area contributed by atoms with Crippen molar-refractivity contribution in [2.24, 2.45) is 4.15 Å². The van der Waals surface area contributed by atoms with Crippen LogP contribution in [-0.2, 0) is 14.5 Å². The predicted molar refractivity (Wildman–Crippen MR) is 103 cm³/mol. The summed E-state index contributed by atoms with van der Waals surface area (Å²) >= 11 is 0. The summed E-state index contributed by atoms with van der Waals surface area (Å²) < 4.78 is 40.2. The van der Waals surface area contributed by atoms with Gasteiger partial charge in [0.05, 0.1) is 11.0 Å². The Kier molecular flexibility index (Phi) is 6.62. The van der Waals surface area contributed by atoms with Crippen LogP contribution < -0.4 is 0 Å². The number of allylic oxidation sites excluding steroid dienone is 1. The molecule has 0 aliphatic carbocycles. The molecular formula is C17H28N3O3PS. The first kappa shape index (κ1) is 20.3. The maximum Gasteiger partial charge on any atom is 0.285 e. The Balaban J connectivity index is 2.50. The van der Waals surface area contributed by atoms with E-state index < -0.39 is 17.6 Å². The van der Waals surface area contributed by atoms with E-state index in [4.69, 9.17) is 4.52 Å². The van der Waals surface area contributed by atoms with Crippen molar-refractivity contribution in [1.82, 2.24) is 9.34 Å². The smallest absolute Gasteiger partial charge is 0.285 e. The van der Waals surface area contributed by atoms with Crippen molar-refractivity contribution in [2.75, 3.05) is 27.2 Å². The van der Waals surface area contributed by atoms with Crippen LogP contribution in [-0.4, -0.2) is 51.0 Å². The van der Waals surface area contributed by atoms with Crippen LogP contribution in [0.5, 0.6) is 0 Å². The van der Waals surface area contributed by atoms with Gasteiger partial charge in [0.15, 0.2) is 0 Å². The second kappa shape index (κ2) is 8.14. The van der Waals surface area contributed by atoms with E-state index in [0.29, 0.717) is 0 Å². The van der Waals surface area contributed by atoms with E-state index in [1.807, 2.05) is 56.4 Å². The van der Waals surface area contributed by atoms with E-state index in [0.717, 1.165) is 25.1 Å². The first-order valence-corrected chi connectivity index (χ1v) is 11.5. The van der Waals surface area contributed by atoms with Gasteiger partial charge in [-0.25, -0.2) is 9.34 Å². The molecule has 0 aromatic heterocycles. The minimum atomic E-state index is -3.81. The number of nitrogens with zero attached hydrogens (tertiary/aromatic N) is 3. The SMILES string of the molecule is CC/C=C\[C@H](C)OP1(=NS(=O)(=O)c2ccc(C)cc2)N(C)CCN1C. The molecule has 1 fully saturated rings. The Bertz CT molecular complexity index is 761. The fourth-order valence-electron chi connectivity index (χ4n) is 2.60. The highest BCUT2D eigenvalue weighted by atomic mass is 32.2. The van der Waals surface area contributed by atoms with Gasteiger partial charge < -0.3 is 4.52 Å². The molecule has 140 valence electrons. The quantitative estimate of drug-likeness (QED) is 0.549. The van der Waals surface area contributed by atoms with Crippen molar-refractivity contribution >= 4 is 17.6 Å². The van der Waals surface area contributed by atoms with Gasteiger partial charge in [0.2, 0.25) is 7.58 Å². The van der Waals surface area contributed by atoms with E-state index in [2.05, 4.69) is 4.15 Å². The number of rotatable bonds is 6. The molecule has 0 amide bonds. The van der Waals surface area contributed by atoms with Crippen LogP contribution in [0.25, 0.3) is 0 Å². The molecule has 8 heteroatoms. The van der Waals surface area contributed by atoms with Crippen LogP contribution >= 0.6 is 7.58 Å². The molecule has 1 aromatic carbocycles. The fourth-order valence-corrected chi connectivity index (χ4v) is 7.79. The van der Waals surface area contributed by atoms with Crippen LogP contribution in [0.3, 0.4) is 0 Å². The van der Waals surface area contributed by atoms with Gasteiger partial charge in [-0.15, -0.1) is 4.15 Å². The van der Waals surface area contributed by atoms with Gasteiger partial charge in [0, 0.05) is 13.1 Å². The van der Waals surface area contributed by atoms with Crippen LogP contribution in [0.1, 0.15) is 25.8 Å². The monoisotopic (exact) mass is 385 g/mol. The molecule has 1 heterocycles. The molecule has 0 N–H and O–H groups in total. The fraction of sp³-hybridized carbons (Fsp3) is 0.529. The number of benzene rings is 1. The summed E-state index contributed by atoms with van der Waals surface area (Å²) in [7, 11) is -2.83. The van der Waals surface area contributed by atoms with Gasteiger partial charge in [-0.3, -0.25) is 0 Å². The van der Waals surface area contributed by atoms with Crippen molar-refractivity contribution in [3.63, 3.8) is 0 Å². The lowest BCUT2D eigenvalue weighted by Crippen LogP contribution is -2.20. The summed E-state index contributed by atoms with van der Waals surface area (Å²) in [5.74, 6) is 0. The highest BCUT2D eigenvalue weighted by Gasteiger charge is 2.40. The molecule has 1 aromatic rings. The molecule has 1 saturated heterocycles. The number of hydrogen-bond acceptors (Lipinski definition) is 3. The van der Waals surface area contributed by atoms with E-state index in [1.54, 1.807) is 24.3 Å². The summed E-state index contributed by atoms with van der Waals surface area (Å²) in [4.78, 5) is 0.200. The Hall–Kier alpha value is -0.980. The lowest BCUT2D eigenvalue weighted by molar-refractivity contribution is 0.259. The highest BCUT2D eigenvalue weighted by Crippen LogP contribution is 2.61. The summed E-state index contributed by atoms with van der Waals surface area (Å²) in [6.07, 6.45) is 4.67. The average Bonchev–Trinajstić information content (AvgIpc) is 2.81. The number of sulfonamides is 1. The molecule has 1 atom stereocenters. The molecule has 0 unspecified atom stereocenters. The Labute approximate surface area is 151 Å². The van der Waals surface area contributed by atoms with Crippen molar-refractivity contribution in [1.29, 1.82) is 0 Å². The first-order chi connectivity index (χ1) is 11.7. The lowest BCUT2D eigenvalue weighted by atomic mass is 10.2. The zero-order chi connectivity index (χ0) is 18.7. The van der Waals surface area contributed by atoms with Crippen LogP contribution in [0.4, 0.5) is 0 Å². The molecule has 2 rings (SSSR count). The number of aryl methyl sites for hydroxylation is 1. The van der Waals surface area contributed by atoms with Gasteiger partial charge in [-0.05, 0) is 46.5 Å². The Morgan fingerprint density at radius 2 is 1.80 bits per heavy atom. The van der Waals surface area contributed by atoms with Gasteiger partial charge in [0.25, 0.3) is 10.0 Å². The van der Waals surface area contributed by atoms with E-state index in [1.165, 1.54) is 0 Å². The third-order valence-corrected chi connectivity index (χ3v) is 9.49. The normalized spacial score (nSPS) is 20.2. The van der Waals surface area contributed by atoms with E-state index in [-0.39, 0.29) is 11.0 Å². The summed E-state index contributed by atoms with van der Waals surface area (Å²) in [6, 6.07) is 6.76. The highest BCUT2D eigenvalue weighted by molar-refractivity contribution is 7.93. The number of hydrogen-bond donors (Lipinski definition) is 0. The third-order valence-electron chi connectivity index (χ3n) is 4.12. The largest absolute Gasteiger partial charge is 0.313 e. The maximum absolute atomic E-state index is 12.9. The lowest BCUT2D eigenvalue weighted by Gasteiger charge is -2.32. The van der Waals surface area contributed by atoms with Crippen molar-refractivity contribution in [3.8, 4) is 0 Å². The summed E-state index contributed by atoms with van der Waals surface area (Å²) in [5, 5.41) is 0. The maximum atomic E-state index is 12.9. The number of likely N-dealkylation sites (N-methyl/N-ethyl adjacent to an activating group) is 2. The van der Waals surface area contributed by atoms with Crippen LogP contribution in [0.15, 0.2) is 45.5 Å².